The van der Waals surface area contributed by atoms with E-state index < -0.39 is 11.4 Å². The molecule has 0 saturated heterocycles. The third kappa shape index (κ3) is 3.60. The smallest absolute Gasteiger partial charge is 0.315 e. The minimum absolute atomic E-state index is 0.0276. The molecule has 92 valence electrons. The molecule has 0 radical (unpaired) electrons. The van der Waals surface area contributed by atoms with E-state index in [2.05, 4.69) is 6.58 Å². The van der Waals surface area contributed by atoms with E-state index in [1.165, 1.54) is 0 Å². The summed E-state index contributed by atoms with van der Waals surface area (Å²) in [5.41, 5.74) is -0.490. The SMILES string of the molecule is C=C/C=C(\C=C/C)C(CC#N)(CCC)C(=O)O. The van der Waals surface area contributed by atoms with Crippen LogP contribution in [0.15, 0.2) is 36.5 Å². The van der Waals surface area contributed by atoms with Crippen LogP contribution in [0.25, 0.3) is 0 Å². The highest BCUT2D eigenvalue weighted by atomic mass is 16.4. The van der Waals surface area contributed by atoms with Crippen molar-refractivity contribution >= 4 is 5.97 Å². The Morgan fingerprint density at radius 3 is 2.59 bits per heavy atom. The van der Waals surface area contributed by atoms with Gasteiger partial charge in [0, 0.05) is 0 Å². The highest BCUT2D eigenvalue weighted by Gasteiger charge is 2.40. The number of carboxylic acid groups (broad SMARTS) is 1. The van der Waals surface area contributed by atoms with Gasteiger partial charge in [-0.3, -0.25) is 4.79 Å². The van der Waals surface area contributed by atoms with Crippen molar-refractivity contribution in [3.05, 3.63) is 36.5 Å². The van der Waals surface area contributed by atoms with Crippen LogP contribution in [-0.2, 0) is 4.79 Å². The first-order valence-corrected chi connectivity index (χ1v) is 5.65. The summed E-state index contributed by atoms with van der Waals surface area (Å²) < 4.78 is 0. The van der Waals surface area contributed by atoms with Gasteiger partial charge in [0.15, 0.2) is 0 Å². The molecule has 3 nitrogen and oxygen atoms in total. The Balaban J connectivity index is 5.68. The van der Waals surface area contributed by atoms with E-state index in [0.717, 1.165) is 0 Å². The molecule has 0 aliphatic rings. The largest absolute Gasteiger partial charge is 0.481 e. The zero-order valence-corrected chi connectivity index (χ0v) is 10.4. The number of carboxylic acids is 1. The molecular weight excluding hydrogens is 214 g/mol. The number of nitrogens with zero attached hydrogens (tertiary/aromatic N) is 1. The molecule has 0 fully saturated rings. The van der Waals surface area contributed by atoms with Crippen LogP contribution in [0.1, 0.15) is 33.1 Å². The summed E-state index contributed by atoms with van der Waals surface area (Å²) in [5, 5.41) is 18.3. The van der Waals surface area contributed by atoms with Crippen molar-refractivity contribution in [1.29, 1.82) is 5.26 Å². The van der Waals surface area contributed by atoms with Gasteiger partial charge in [0.2, 0.25) is 0 Å². The molecule has 1 atom stereocenters. The summed E-state index contributed by atoms with van der Waals surface area (Å²) >= 11 is 0. The average Bonchev–Trinajstić information content (AvgIpc) is 2.28. The zero-order valence-electron chi connectivity index (χ0n) is 10.4. The van der Waals surface area contributed by atoms with Crippen LogP contribution in [0.2, 0.25) is 0 Å². The molecule has 1 unspecified atom stereocenters. The van der Waals surface area contributed by atoms with Crippen LogP contribution < -0.4 is 0 Å². The Morgan fingerprint density at radius 1 is 1.59 bits per heavy atom. The van der Waals surface area contributed by atoms with Gasteiger partial charge < -0.3 is 5.11 Å². The third-order valence-corrected chi connectivity index (χ3v) is 2.66. The molecule has 0 bridgehead atoms. The van der Waals surface area contributed by atoms with E-state index in [9.17, 15) is 9.90 Å². The number of nitriles is 1. The Bertz CT molecular complexity index is 374. The van der Waals surface area contributed by atoms with Crippen LogP contribution in [-0.4, -0.2) is 11.1 Å². The minimum atomic E-state index is -1.12. The van der Waals surface area contributed by atoms with Crippen molar-refractivity contribution in [1.82, 2.24) is 0 Å². The second kappa shape index (κ2) is 7.45. The summed E-state index contributed by atoms with van der Waals surface area (Å²) in [4.78, 5) is 11.5. The van der Waals surface area contributed by atoms with Crippen molar-refractivity contribution in [2.24, 2.45) is 5.41 Å². The number of aliphatic carboxylic acids is 1. The zero-order chi connectivity index (χ0) is 13.3. The van der Waals surface area contributed by atoms with Gasteiger partial charge in [0.05, 0.1) is 12.5 Å². The minimum Gasteiger partial charge on any atom is -0.481 e. The molecule has 3 heteroatoms. The second-order valence-electron chi connectivity index (χ2n) is 3.83. The predicted octanol–water partition coefficient (Wildman–Crippen LogP) is 3.46. The lowest BCUT2D eigenvalue weighted by Crippen LogP contribution is -2.32. The van der Waals surface area contributed by atoms with Gasteiger partial charge in [-0.05, 0) is 18.9 Å². The predicted molar refractivity (Wildman–Crippen MR) is 68.3 cm³/mol. The highest BCUT2D eigenvalue weighted by molar-refractivity contribution is 5.80. The van der Waals surface area contributed by atoms with Crippen molar-refractivity contribution in [3.63, 3.8) is 0 Å². The fourth-order valence-electron chi connectivity index (χ4n) is 1.88. The number of carbonyl (C=O) groups is 1. The lowest BCUT2D eigenvalue weighted by molar-refractivity contribution is -0.146. The van der Waals surface area contributed by atoms with Gasteiger partial charge in [-0.2, -0.15) is 5.26 Å². The normalized spacial score (nSPS) is 15.2. The first kappa shape index (κ1) is 15.2. The number of hydrogen-bond acceptors (Lipinski definition) is 2. The van der Waals surface area contributed by atoms with Crippen molar-refractivity contribution in [2.45, 2.75) is 33.1 Å². The molecular formula is C14H19NO2. The molecule has 0 saturated carbocycles. The fraction of sp³-hybridized carbons (Fsp3) is 0.429. The lowest BCUT2D eigenvalue weighted by atomic mass is 9.73. The maximum absolute atomic E-state index is 11.5. The first-order valence-electron chi connectivity index (χ1n) is 5.65. The van der Waals surface area contributed by atoms with Crippen molar-refractivity contribution in [2.75, 3.05) is 0 Å². The van der Waals surface area contributed by atoms with Gasteiger partial charge in [0.1, 0.15) is 5.41 Å². The van der Waals surface area contributed by atoms with Crippen LogP contribution in [0.3, 0.4) is 0 Å². The molecule has 0 aliphatic carbocycles. The van der Waals surface area contributed by atoms with E-state index >= 15 is 0 Å². The third-order valence-electron chi connectivity index (χ3n) is 2.66. The molecule has 0 aliphatic heterocycles. The van der Waals surface area contributed by atoms with Crippen LogP contribution in [0.4, 0.5) is 0 Å². The molecule has 17 heavy (non-hydrogen) atoms. The van der Waals surface area contributed by atoms with E-state index in [4.69, 9.17) is 5.26 Å². The number of hydrogen-bond donors (Lipinski definition) is 1. The Hall–Kier alpha value is -1.82. The van der Waals surface area contributed by atoms with Crippen LogP contribution in [0.5, 0.6) is 0 Å². The van der Waals surface area contributed by atoms with Gasteiger partial charge in [-0.25, -0.2) is 0 Å². The topological polar surface area (TPSA) is 61.1 Å². The van der Waals surface area contributed by atoms with Gasteiger partial charge in [0.25, 0.3) is 0 Å². The van der Waals surface area contributed by atoms with Gasteiger partial charge in [-0.1, -0.05) is 44.2 Å². The Morgan fingerprint density at radius 2 is 2.24 bits per heavy atom. The first-order chi connectivity index (χ1) is 8.08. The van der Waals surface area contributed by atoms with Crippen molar-refractivity contribution in [3.8, 4) is 6.07 Å². The molecule has 0 aromatic heterocycles. The standard InChI is InChI=1S/C14H19NO2/c1-4-7-12(8-5-2)14(9-6-3,10-11-15)13(16)17/h4-5,7-8H,1,6,9-10H2,2-3H3,(H,16,17)/b8-5-,12-7+. The van der Waals surface area contributed by atoms with Gasteiger partial charge in [-0.15, -0.1) is 0 Å². The van der Waals surface area contributed by atoms with Crippen LogP contribution >= 0.6 is 0 Å². The summed E-state index contributed by atoms with van der Waals surface area (Å²) in [6.07, 6.45) is 7.87. The Kier molecular flexibility index (Phi) is 6.65. The number of allylic oxidation sites excluding steroid dienone is 4. The summed E-state index contributed by atoms with van der Waals surface area (Å²) in [6.45, 7) is 7.32. The van der Waals surface area contributed by atoms with E-state index in [1.807, 2.05) is 19.9 Å². The summed E-state index contributed by atoms with van der Waals surface area (Å²) in [7, 11) is 0. The van der Waals surface area contributed by atoms with E-state index in [0.29, 0.717) is 18.4 Å². The molecule has 0 heterocycles. The Labute approximate surface area is 103 Å². The van der Waals surface area contributed by atoms with Crippen molar-refractivity contribution < 1.29 is 9.90 Å². The highest BCUT2D eigenvalue weighted by Crippen LogP contribution is 2.37. The quantitative estimate of drug-likeness (QED) is 0.685. The maximum atomic E-state index is 11.5. The second-order valence-corrected chi connectivity index (χ2v) is 3.83. The maximum Gasteiger partial charge on any atom is 0.315 e. The average molecular weight is 233 g/mol. The van der Waals surface area contributed by atoms with E-state index in [-0.39, 0.29) is 6.42 Å². The van der Waals surface area contributed by atoms with Crippen LogP contribution in [0, 0.1) is 16.7 Å². The molecule has 0 rings (SSSR count). The fourth-order valence-corrected chi connectivity index (χ4v) is 1.88. The summed E-state index contributed by atoms with van der Waals surface area (Å²) in [6, 6.07) is 1.98. The molecule has 0 aromatic rings. The molecule has 0 aromatic carbocycles. The van der Waals surface area contributed by atoms with Gasteiger partial charge >= 0.3 is 5.97 Å². The molecule has 0 amide bonds. The molecule has 0 spiro atoms. The molecule has 1 N–H and O–H groups in total. The van der Waals surface area contributed by atoms with E-state index in [1.54, 1.807) is 24.3 Å². The lowest BCUT2D eigenvalue weighted by Gasteiger charge is -2.28. The summed E-state index contributed by atoms with van der Waals surface area (Å²) in [5.74, 6) is -0.952. The number of rotatable bonds is 7. The monoisotopic (exact) mass is 233 g/mol.